The molecular formula is C18H30O2. The number of hydrogen-bond donors (Lipinski definition) is 2. The third kappa shape index (κ3) is 3.21. The molecule has 3 unspecified atom stereocenters. The van der Waals surface area contributed by atoms with Gasteiger partial charge in [0.15, 0.2) is 0 Å². The molecule has 2 aliphatic rings. The number of rotatable bonds is 3. The highest BCUT2D eigenvalue weighted by Crippen LogP contribution is 2.57. The van der Waals surface area contributed by atoms with E-state index in [4.69, 9.17) is 5.11 Å². The molecule has 2 aliphatic carbocycles. The zero-order valence-electron chi connectivity index (χ0n) is 13.3. The first-order valence-electron chi connectivity index (χ1n) is 8.18. The second kappa shape index (κ2) is 6.08. The highest BCUT2D eigenvalue weighted by Gasteiger charge is 2.50. The van der Waals surface area contributed by atoms with Crippen molar-refractivity contribution in [2.75, 3.05) is 6.61 Å². The molecule has 0 bridgehead atoms. The van der Waals surface area contributed by atoms with Crippen molar-refractivity contribution in [3.05, 3.63) is 0 Å². The minimum absolute atomic E-state index is 0.00946. The maximum Gasteiger partial charge on any atom is 0.104 e. The van der Waals surface area contributed by atoms with Crippen LogP contribution in [0.25, 0.3) is 0 Å². The molecule has 2 N–H and O–H groups in total. The summed E-state index contributed by atoms with van der Waals surface area (Å²) < 4.78 is 0. The lowest BCUT2D eigenvalue weighted by molar-refractivity contribution is -0.0195. The van der Waals surface area contributed by atoms with Gasteiger partial charge in [-0.3, -0.25) is 0 Å². The van der Waals surface area contributed by atoms with E-state index in [9.17, 15) is 5.11 Å². The van der Waals surface area contributed by atoms with E-state index in [-0.39, 0.29) is 18.1 Å². The van der Waals surface area contributed by atoms with Crippen LogP contribution in [0.5, 0.6) is 0 Å². The molecule has 0 saturated heterocycles. The summed E-state index contributed by atoms with van der Waals surface area (Å²) in [6.07, 6.45) is 8.14. The molecule has 20 heavy (non-hydrogen) atoms. The summed E-state index contributed by atoms with van der Waals surface area (Å²) in [7, 11) is 0. The molecule has 0 aromatic carbocycles. The molecule has 0 radical (unpaired) electrons. The zero-order valence-corrected chi connectivity index (χ0v) is 13.3. The van der Waals surface area contributed by atoms with Crippen LogP contribution in [0, 0.1) is 34.5 Å². The molecule has 114 valence electrons. The molecule has 0 aliphatic heterocycles. The van der Waals surface area contributed by atoms with Crippen molar-refractivity contribution in [1.29, 1.82) is 0 Å². The van der Waals surface area contributed by atoms with E-state index < -0.39 is 0 Å². The second-order valence-corrected chi connectivity index (χ2v) is 7.73. The summed E-state index contributed by atoms with van der Waals surface area (Å²) in [6, 6.07) is 0. The number of aliphatic hydroxyl groups excluding tert-OH is 2. The molecule has 0 amide bonds. The first-order valence-corrected chi connectivity index (χ1v) is 8.18. The van der Waals surface area contributed by atoms with Crippen LogP contribution < -0.4 is 0 Å². The third-order valence-corrected chi connectivity index (χ3v) is 5.91. The van der Waals surface area contributed by atoms with E-state index in [1.807, 2.05) is 0 Å². The average Bonchev–Trinajstić information content (AvgIpc) is 2.72. The molecule has 0 aromatic heterocycles. The van der Waals surface area contributed by atoms with Crippen molar-refractivity contribution in [2.45, 2.75) is 71.8 Å². The van der Waals surface area contributed by atoms with Crippen LogP contribution in [0.1, 0.15) is 65.7 Å². The van der Waals surface area contributed by atoms with Crippen LogP contribution in [0.15, 0.2) is 0 Å². The van der Waals surface area contributed by atoms with Crippen LogP contribution in [0.3, 0.4) is 0 Å². The average molecular weight is 278 g/mol. The number of hydrogen-bond acceptors (Lipinski definition) is 2. The lowest BCUT2D eigenvalue weighted by Gasteiger charge is -2.43. The van der Waals surface area contributed by atoms with Crippen LogP contribution in [-0.4, -0.2) is 22.9 Å². The van der Waals surface area contributed by atoms with Crippen molar-refractivity contribution < 1.29 is 10.2 Å². The lowest BCUT2D eigenvalue weighted by atomic mass is 9.63. The van der Waals surface area contributed by atoms with Crippen LogP contribution >= 0.6 is 0 Å². The number of fused-ring (bicyclic) bond motifs is 1. The highest BCUT2D eigenvalue weighted by atomic mass is 16.3. The third-order valence-electron chi connectivity index (χ3n) is 5.91. The van der Waals surface area contributed by atoms with Gasteiger partial charge in [-0.2, -0.15) is 0 Å². The van der Waals surface area contributed by atoms with Gasteiger partial charge < -0.3 is 10.2 Å². The summed E-state index contributed by atoms with van der Waals surface area (Å²) in [5.74, 6) is 7.23. The second-order valence-electron chi connectivity index (χ2n) is 7.73. The fourth-order valence-corrected chi connectivity index (χ4v) is 4.61. The molecule has 2 fully saturated rings. The molecule has 2 nitrogen and oxygen atoms in total. The Balaban J connectivity index is 1.97. The number of aliphatic hydroxyl groups is 2. The predicted molar refractivity (Wildman–Crippen MR) is 82.1 cm³/mol. The maximum atomic E-state index is 10.3. The standard InChI is InChI=1S/C18H30O2/c1-17(2,10-5-13-19)12-9-14-7-8-15-16(20)6-4-11-18(14,15)3/h14-16,19-20H,4,6-9,11-13H2,1-3H3/t14?,15?,16-,18?/m0/s1. The molecule has 0 heterocycles. The van der Waals surface area contributed by atoms with Crippen molar-refractivity contribution >= 4 is 0 Å². The first kappa shape index (κ1) is 15.9. The Kier molecular flexibility index (Phi) is 4.82. The van der Waals surface area contributed by atoms with E-state index in [0.717, 1.165) is 18.8 Å². The van der Waals surface area contributed by atoms with Gasteiger partial charge in [0, 0.05) is 5.41 Å². The van der Waals surface area contributed by atoms with E-state index in [2.05, 4.69) is 32.6 Å². The molecular weight excluding hydrogens is 248 g/mol. The monoisotopic (exact) mass is 278 g/mol. The summed E-state index contributed by atoms with van der Waals surface area (Å²) in [6.45, 7) is 6.70. The fourth-order valence-electron chi connectivity index (χ4n) is 4.61. The van der Waals surface area contributed by atoms with E-state index in [1.54, 1.807) is 0 Å². The summed E-state index contributed by atoms with van der Waals surface area (Å²) >= 11 is 0. The van der Waals surface area contributed by atoms with Gasteiger partial charge in [-0.15, -0.1) is 0 Å². The smallest absolute Gasteiger partial charge is 0.104 e. The van der Waals surface area contributed by atoms with Gasteiger partial charge in [0.25, 0.3) is 0 Å². The predicted octanol–water partition coefficient (Wildman–Crippen LogP) is 3.37. The fraction of sp³-hybridized carbons (Fsp3) is 0.889. The van der Waals surface area contributed by atoms with Gasteiger partial charge in [-0.1, -0.05) is 25.2 Å². The van der Waals surface area contributed by atoms with Crippen molar-refractivity contribution in [1.82, 2.24) is 0 Å². The topological polar surface area (TPSA) is 40.5 Å². The summed E-state index contributed by atoms with van der Waals surface area (Å²) in [5.41, 5.74) is 0.336. The van der Waals surface area contributed by atoms with Gasteiger partial charge in [-0.05, 0) is 69.6 Å². The van der Waals surface area contributed by atoms with Crippen LogP contribution in [0.2, 0.25) is 0 Å². The van der Waals surface area contributed by atoms with E-state index in [0.29, 0.717) is 11.3 Å². The van der Waals surface area contributed by atoms with Crippen LogP contribution in [0.4, 0.5) is 0 Å². The Morgan fingerprint density at radius 1 is 1.25 bits per heavy atom. The van der Waals surface area contributed by atoms with E-state index >= 15 is 0 Å². The Morgan fingerprint density at radius 2 is 2.00 bits per heavy atom. The van der Waals surface area contributed by atoms with Gasteiger partial charge in [0.2, 0.25) is 0 Å². The minimum atomic E-state index is -0.0686. The normalized spacial score (nSPS) is 37.1. The van der Waals surface area contributed by atoms with Gasteiger partial charge in [-0.25, -0.2) is 0 Å². The molecule has 2 saturated carbocycles. The molecule has 0 spiro atoms. The lowest BCUT2D eigenvalue weighted by Crippen LogP contribution is -2.40. The van der Waals surface area contributed by atoms with Gasteiger partial charge in [0.1, 0.15) is 6.61 Å². The summed E-state index contributed by atoms with van der Waals surface area (Å²) in [5, 5.41) is 19.1. The Labute approximate surface area is 124 Å². The Morgan fingerprint density at radius 3 is 2.70 bits per heavy atom. The van der Waals surface area contributed by atoms with E-state index in [1.165, 1.54) is 32.1 Å². The van der Waals surface area contributed by atoms with Gasteiger partial charge >= 0.3 is 0 Å². The van der Waals surface area contributed by atoms with Crippen molar-refractivity contribution in [3.8, 4) is 11.8 Å². The first-order chi connectivity index (χ1) is 9.39. The summed E-state index contributed by atoms with van der Waals surface area (Å²) in [4.78, 5) is 0. The molecule has 4 atom stereocenters. The van der Waals surface area contributed by atoms with Crippen LogP contribution in [-0.2, 0) is 0 Å². The Bertz CT molecular complexity index is 390. The SMILES string of the molecule is CC(C)(C#CCO)CCC1CCC2[C@@H](O)CCCC12C. The Hall–Kier alpha value is -0.520. The van der Waals surface area contributed by atoms with Crippen molar-refractivity contribution in [3.63, 3.8) is 0 Å². The van der Waals surface area contributed by atoms with Gasteiger partial charge in [0.05, 0.1) is 6.10 Å². The zero-order chi connectivity index (χ0) is 14.8. The quantitative estimate of drug-likeness (QED) is 0.777. The van der Waals surface area contributed by atoms with Crippen molar-refractivity contribution in [2.24, 2.45) is 22.7 Å². The highest BCUT2D eigenvalue weighted by molar-refractivity contribution is 5.09. The molecule has 2 heteroatoms. The minimum Gasteiger partial charge on any atom is -0.393 e. The largest absolute Gasteiger partial charge is 0.393 e. The molecule has 0 aromatic rings. The maximum absolute atomic E-state index is 10.3. The molecule has 2 rings (SSSR count).